The van der Waals surface area contributed by atoms with Gasteiger partial charge in [-0.1, -0.05) is 91.0 Å². The first-order valence-corrected chi connectivity index (χ1v) is 16.2. The minimum Gasteiger partial charge on any atom is -0.309 e. The molecule has 0 saturated heterocycles. The summed E-state index contributed by atoms with van der Waals surface area (Å²) in [6, 6.07) is 54.5. The predicted molar refractivity (Wildman–Crippen MR) is 199 cm³/mol. The van der Waals surface area contributed by atoms with Crippen LogP contribution in [0.4, 0.5) is 0 Å². The van der Waals surface area contributed by atoms with E-state index >= 15 is 0 Å². The van der Waals surface area contributed by atoms with E-state index in [2.05, 4.69) is 166 Å². The standard InChI is InChI=1S/C44H28N4/c1-3-9-29(10-4-1)30-15-19-34(20-16-30)48-43-22-18-32(26-38(43)39-27-46-40-28-45-24-23-36(40)44(39)48)31-17-21-42-37(25-31)35-13-7-8-14-41(35)47(42)33-11-5-2-6-12-33/h1-28H. The van der Waals surface area contributed by atoms with Gasteiger partial charge in [0, 0.05) is 50.7 Å². The smallest absolute Gasteiger partial charge is 0.0906 e. The van der Waals surface area contributed by atoms with Crippen LogP contribution in [0.5, 0.6) is 0 Å². The number of benzene rings is 6. The fourth-order valence-corrected chi connectivity index (χ4v) is 7.42. The molecule has 224 valence electrons. The number of aromatic nitrogens is 4. The maximum Gasteiger partial charge on any atom is 0.0906 e. The molecule has 0 fully saturated rings. The first-order valence-electron chi connectivity index (χ1n) is 16.2. The molecule has 0 aliphatic rings. The lowest BCUT2D eigenvalue weighted by atomic mass is 10.0. The number of hydrogen-bond donors (Lipinski definition) is 0. The number of pyridine rings is 2. The summed E-state index contributed by atoms with van der Waals surface area (Å²) in [5, 5.41) is 5.88. The lowest BCUT2D eigenvalue weighted by Crippen LogP contribution is -1.95. The minimum atomic E-state index is 0.885. The molecule has 0 bridgehead atoms. The van der Waals surface area contributed by atoms with Crippen LogP contribution in [0.3, 0.4) is 0 Å². The Bertz CT molecular complexity index is 2810. The van der Waals surface area contributed by atoms with E-state index < -0.39 is 0 Å². The molecule has 10 rings (SSSR count). The number of fused-ring (bicyclic) bond motifs is 8. The maximum absolute atomic E-state index is 4.85. The van der Waals surface area contributed by atoms with Crippen LogP contribution < -0.4 is 0 Å². The van der Waals surface area contributed by atoms with Crippen LogP contribution in [0, 0.1) is 0 Å². The summed E-state index contributed by atoms with van der Waals surface area (Å²) in [6.45, 7) is 0. The van der Waals surface area contributed by atoms with Gasteiger partial charge in [-0.15, -0.1) is 0 Å². The predicted octanol–water partition coefficient (Wildman–Crippen LogP) is 11.2. The van der Waals surface area contributed by atoms with Crippen LogP contribution in [0.1, 0.15) is 0 Å². The third-order valence-electron chi connectivity index (χ3n) is 9.65. The summed E-state index contributed by atoms with van der Waals surface area (Å²) in [5.74, 6) is 0. The van der Waals surface area contributed by atoms with Crippen molar-refractivity contribution in [2.45, 2.75) is 0 Å². The van der Waals surface area contributed by atoms with E-state index in [9.17, 15) is 0 Å². The molecule has 4 heterocycles. The lowest BCUT2D eigenvalue weighted by Gasteiger charge is -2.11. The summed E-state index contributed by atoms with van der Waals surface area (Å²) >= 11 is 0. The highest BCUT2D eigenvalue weighted by molar-refractivity contribution is 6.18. The second kappa shape index (κ2) is 10.5. The highest BCUT2D eigenvalue weighted by Crippen LogP contribution is 2.40. The zero-order valence-electron chi connectivity index (χ0n) is 26.0. The molecular formula is C44H28N4. The van der Waals surface area contributed by atoms with Crippen LogP contribution in [0.25, 0.3) is 88.1 Å². The Morgan fingerprint density at radius 2 is 0.958 bits per heavy atom. The molecular weight excluding hydrogens is 585 g/mol. The molecule has 4 nitrogen and oxygen atoms in total. The Hall–Kier alpha value is -6.52. The van der Waals surface area contributed by atoms with Gasteiger partial charge in [0.05, 0.1) is 33.8 Å². The molecule has 0 unspecified atom stereocenters. The average Bonchev–Trinajstić information content (AvgIpc) is 3.68. The van der Waals surface area contributed by atoms with Crippen molar-refractivity contribution < 1.29 is 0 Å². The molecule has 0 N–H and O–H groups in total. The largest absolute Gasteiger partial charge is 0.309 e. The minimum absolute atomic E-state index is 0.885. The quantitative estimate of drug-likeness (QED) is 0.198. The molecule has 6 aromatic carbocycles. The Balaban J connectivity index is 1.18. The normalized spacial score (nSPS) is 11.8. The monoisotopic (exact) mass is 612 g/mol. The summed E-state index contributed by atoms with van der Waals surface area (Å²) in [7, 11) is 0. The maximum atomic E-state index is 4.85. The van der Waals surface area contributed by atoms with Gasteiger partial charge >= 0.3 is 0 Å². The summed E-state index contributed by atoms with van der Waals surface area (Å²) in [4.78, 5) is 9.22. The topological polar surface area (TPSA) is 35.6 Å². The van der Waals surface area contributed by atoms with Gasteiger partial charge in [0.25, 0.3) is 0 Å². The molecule has 0 amide bonds. The van der Waals surface area contributed by atoms with Crippen LogP contribution in [-0.4, -0.2) is 19.1 Å². The molecule has 0 atom stereocenters. The van der Waals surface area contributed by atoms with E-state index in [0.717, 1.165) is 38.7 Å². The number of hydrogen-bond acceptors (Lipinski definition) is 2. The molecule has 0 aliphatic heterocycles. The summed E-state index contributed by atoms with van der Waals surface area (Å²) in [5.41, 5.74) is 12.6. The zero-order valence-corrected chi connectivity index (χ0v) is 26.0. The van der Waals surface area contributed by atoms with Crippen molar-refractivity contribution in [3.63, 3.8) is 0 Å². The zero-order chi connectivity index (χ0) is 31.6. The highest BCUT2D eigenvalue weighted by Gasteiger charge is 2.18. The Kier molecular flexibility index (Phi) is 5.84. The second-order valence-corrected chi connectivity index (χ2v) is 12.3. The van der Waals surface area contributed by atoms with Crippen LogP contribution >= 0.6 is 0 Å². The molecule has 0 aliphatic carbocycles. The molecule has 10 aromatic rings. The van der Waals surface area contributed by atoms with E-state index in [-0.39, 0.29) is 0 Å². The molecule has 0 saturated carbocycles. The highest BCUT2D eigenvalue weighted by atomic mass is 15.0. The van der Waals surface area contributed by atoms with E-state index in [1.54, 1.807) is 0 Å². The number of nitrogens with zero attached hydrogens (tertiary/aromatic N) is 4. The second-order valence-electron chi connectivity index (χ2n) is 12.3. The van der Waals surface area contributed by atoms with Gasteiger partial charge in [-0.2, -0.15) is 0 Å². The molecule has 0 spiro atoms. The van der Waals surface area contributed by atoms with Gasteiger partial charge in [0.2, 0.25) is 0 Å². The summed E-state index contributed by atoms with van der Waals surface area (Å²) in [6.07, 6.45) is 5.72. The Labute approximate surface area is 276 Å². The van der Waals surface area contributed by atoms with Gasteiger partial charge in [0.15, 0.2) is 0 Å². The van der Waals surface area contributed by atoms with Crippen LogP contribution in [0.2, 0.25) is 0 Å². The van der Waals surface area contributed by atoms with Gasteiger partial charge in [-0.05, 0) is 82.9 Å². The summed E-state index contributed by atoms with van der Waals surface area (Å²) < 4.78 is 4.74. The van der Waals surface area contributed by atoms with Crippen molar-refractivity contribution >= 4 is 54.5 Å². The Morgan fingerprint density at radius 1 is 0.375 bits per heavy atom. The van der Waals surface area contributed by atoms with Crippen molar-refractivity contribution in [3.8, 4) is 33.6 Å². The first kappa shape index (κ1) is 26.7. The average molecular weight is 613 g/mol. The SMILES string of the molecule is c1ccc(-c2ccc(-n3c4ccc(-c5ccc6c(c5)c5ccccc5n6-c5ccccc5)cc4c4cnc5cnccc5c43)cc2)cc1. The van der Waals surface area contributed by atoms with Crippen LogP contribution in [-0.2, 0) is 0 Å². The van der Waals surface area contributed by atoms with E-state index in [1.807, 2.05) is 18.6 Å². The van der Waals surface area contributed by atoms with Crippen molar-refractivity contribution in [1.82, 2.24) is 19.1 Å². The fraction of sp³-hybridized carbons (Fsp3) is 0. The molecule has 4 aromatic heterocycles. The van der Waals surface area contributed by atoms with Gasteiger partial charge in [0.1, 0.15) is 0 Å². The third-order valence-corrected chi connectivity index (χ3v) is 9.65. The van der Waals surface area contributed by atoms with E-state index in [0.29, 0.717) is 0 Å². The van der Waals surface area contributed by atoms with Crippen molar-refractivity contribution in [1.29, 1.82) is 0 Å². The van der Waals surface area contributed by atoms with Crippen molar-refractivity contribution in [2.24, 2.45) is 0 Å². The van der Waals surface area contributed by atoms with E-state index in [1.165, 1.54) is 49.4 Å². The van der Waals surface area contributed by atoms with Gasteiger partial charge in [-0.25, -0.2) is 0 Å². The van der Waals surface area contributed by atoms with Gasteiger partial charge in [-0.3, -0.25) is 9.97 Å². The fourth-order valence-electron chi connectivity index (χ4n) is 7.42. The molecule has 48 heavy (non-hydrogen) atoms. The van der Waals surface area contributed by atoms with Crippen LogP contribution in [0.15, 0.2) is 170 Å². The van der Waals surface area contributed by atoms with Gasteiger partial charge < -0.3 is 9.13 Å². The lowest BCUT2D eigenvalue weighted by molar-refractivity contribution is 1.18. The molecule has 4 heteroatoms. The molecule has 0 radical (unpaired) electrons. The number of rotatable bonds is 4. The number of para-hydroxylation sites is 2. The first-order chi connectivity index (χ1) is 23.8. The third kappa shape index (κ3) is 4.03. The van der Waals surface area contributed by atoms with E-state index in [4.69, 9.17) is 4.98 Å². The van der Waals surface area contributed by atoms with Crippen molar-refractivity contribution in [2.75, 3.05) is 0 Å². The van der Waals surface area contributed by atoms with Crippen molar-refractivity contribution in [3.05, 3.63) is 170 Å². The Morgan fingerprint density at radius 3 is 1.73 bits per heavy atom.